The van der Waals surface area contributed by atoms with Gasteiger partial charge in [0.25, 0.3) is 0 Å². The number of rotatable bonds is 2. The predicted molar refractivity (Wildman–Crippen MR) is 62.3 cm³/mol. The average molecular weight is 360 g/mol. The number of aliphatic carboxylic acids is 1. The Bertz CT molecular complexity index is 467. The van der Waals surface area contributed by atoms with Crippen molar-refractivity contribution in [1.82, 2.24) is 4.31 Å². The predicted octanol–water partition coefficient (Wildman–Crippen LogP) is 0.935. The minimum absolute atomic E-state index is 0.0829. The Balaban J connectivity index is 0.000000534. The zero-order valence-electron chi connectivity index (χ0n) is 11.0. The van der Waals surface area contributed by atoms with E-state index < -0.39 is 34.1 Å². The van der Waals surface area contributed by atoms with Gasteiger partial charge < -0.3 is 10.8 Å². The fourth-order valence-corrected chi connectivity index (χ4v) is 2.82. The Morgan fingerprint density at radius 3 is 1.77 bits per heavy atom. The molecule has 0 amide bonds. The van der Waals surface area contributed by atoms with E-state index in [-0.39, 0.29) is 19.1 Å². The average Bonchev–Trinajstić information content (AvgIpc) is 2.25. The van der Waals surface area contributed by atoms with Crippen molar-refractivity contribution >= 4 is 16.0 Å². The lowest BCUT2D eigenvalue weighted by Gasteiger charge is -2.29. The molecule has 1 heterocycles. The molecule has 0 atom stereocenters. The molecule has 22 heavy (non-hydrogen) atoms. The summed E-state index contributed by atoms with van der Waals surface area (Å²) in [5.74, 6) is -4.54. The van der Waals surface area contributed by atoms with Crippen LogP contribution in [0.3, 0.4) is 0 Å². The summed E-state index contributed by atoms with van der Waals surface area (Å²) in [6.07, 6.45) is -8.94. The third-order valence-corrected chi connectivity index (χ3v) is 4.32. The van der Waals surface area contributed by atoms with Gasteiger partial charge in [-0.2, -0.15) is 26.3 Å². The van der Waals surface area contributed by atoms with E-state index in [4.69, 9.17) is 15.6 Å². The lowest BCUT2D eigenvalue weighted by atomic mass is 10.1. The third kappa shape index (κ3) is 8.38. The number of alkyl halides is 6. The van der Waals surface area contributed by atoms with Gasteiger partial charge in [-0.3, -0.25) is 0 Å². The Morgan fingerprint density at radius 1 is 1.14 bits per heavy atom. The molecular formula is C9H14F6N2O4S. The monoisotopic (exact) mass is 360 g/mol. The van der Waals surface area contributed by atoms with Crippen molar-refractivity contribution in [2.24, 2.45) is 5.73 Å². The Labute approximate surface area is 121 Å². The second kappa shape index (κ2) is 7.46. The number of nitrogens with zero attached hydrogens (tertiary/aromatic N) is 1. The van der Waals surface area contributed by atoms with Crippen LogP contribution < -0.4 is 5.73 Å². The maximum absolute atomic E-state index is 12.0. The maximum atomic E-state index is 12.0. The Morgan fingerprint density at radius 2 is 1.50 bits per heavy atom. The van der Waals surface area contributed by atoms with E-state index in [9.17, 15) is 34.8 Å². The molecule has 13 heteroatoms. The van der Waals surface area contributed by atoms with Crippen LogP contribution in [-0.4, -0.2) is 61.0 Å². The molecule has 1 aliphatic heterocycles. The number of carboxylic acid groups (broad SMARTS) is 1. The molecule has 0 aromatic rings. The summed E-state index contributed by atoms with van der Waals surface area (Å²) in [5, 5.41) is 7.12. The lowest BCUT2D eigenvalue weighted by Crippen LogP contribution is -2.45. The highest BCUT2D eigenvalue weighted by molar-refractivity contribution is 7.89. The summed E-state index contributed by atoms with van der Waals surface area (Å²) in [6.45, 7) is 0.166. The summed E-state index contributed by atoms with van der Waals surface area (Å²) in [6, 6.07) is -0.109. The highest BCUT2D eigenvalue weighted by Gasteiger charge is 2.39. The fraction of sp³-hybridized carbons (Fsp3) is 0.889. The first-order valence-corrected chi connectivity index (χ1v) is 7.36. The van der Waals surface area contributed by atoms with Gasteiger partial charge in [0.1, 0.15) is 0 Å². The molecular weight excluding hydrogens is 346 g/mol. The molecule has 1 aliphatic rings. The van der Waals surface area contributed by atoms with Gasteiger partial charge in [-0.25, -0.2) is 17.5 Å². The summed E-state index contributed by atoms with van der Waals surface area (Å²) in [4.78, 5) is 8.90. The van der Waals surface area contributed by atoms with Crippen molar-refractivity contribution in [1.29, 1.82) is 0 Å². The van der Waals surface area contributed by atoms with Gasteiger partial charge in [0.2, 0.25) is 10.0 Å². The topological polar surface area (TPSA) is 101 Å². The largest absolute Gasteiger partial charge is 0.490 e. The number of carboxylic acids is 1. The molecule has 132 valence electrons. The van der Waals surface area contributed by atoms with E-state index >= 15 is 0 Å². The van der Waals surface area contributed by atoms with Crippen molar-refractivity contribution < 1.29 is 44.7 Å². The van der Waals surface area contributed by atoms with Gasteiger partial charge in [-0.05, 0) is 12.8 Å². The number of piperidine rings is 1. The summed E-state index contributed by atoms with van der Waals surface area (Å²) in [7, 11) is -4.21. The quantitative estimate of drug-likeness (QED) is 0.714. The highest BCUT2D eigenvalue weighted by atomic mass is 32.2. The molecule has 1 fully saturated rings. The third-order valence-electron chi connectivity index (χ3n) is 2.48. The van der Waals surface area contributed by atoms with E-state index in [0.717, 1.165) is 4.31 Å². The minimum Gasteiger partial charge on any atom is -0.475 e. The Hall–Kier alpha value is -1.08. The molecule has 0 unspecified atom stereocenters. The Kier molecular flexibility index (Phi) is 7.09. The molecule has 3 N–H and O–H groups in total. The van der Waals surface area contributed by atoms with Crippen LogP contribution in [0, 0.1) is 0 Å². The van der Waals surface area contributed by atoms with Crippen LogP contribution in [0.25, 0.3) is 0 Å². The van der Waals surface area contributed by atoms with Gasteiger partial charge in [-0.1, -0.05) is 0 Å². The zero-order chi connectivity index (χ0) is 17.8. The molecule has 1 saturated heterocycles. The van der Waals surface area contributed by atoms with Crippen molar-refractivity contribution in [3.63, 3.8) is 0 Å². The maximum Gasteiger partial charge on any atom is 0.490 e. The molecule has 1 rings (SSSR count). The van der Waals surface area contributed by atoms with Crippen molar-refractivity contribution in [2.75, 3.05) is 18.8 Å². The van der Waals surface area contributed by atoms with Gasteiger partial charge in [0, 0.05) is 19.1 Å². The zero-order valence-corrected chi connectivity index (χ0v) is 11.8. The van der Waals surface area contributed by atoms with Crippen molar-refractivity contribution in [2.45, 2.75) is 31.2 Å². The molecule has 0 aromatic heterocycles. The molecule has 0 spiro atoms. The number of nitrogens with two attached hydrogens (primary N) is 1. The van der Waals surface area contributed by atoms with Crippen LogP contribution in [0.5, 0.6) is 0 Å². The number of halogens is 6. The SMILES string of the molecule is NC1CCN(S(=O)(=O)CC(F)(F)F)CC1.O=C(O)C(F)(F)F. The van der Waals surface area contributed by atoms with Crippen LogP contribution in [-0.2, 0) is 14.8 Å². The summed E-state index contributed by atoms with van der Waals surface area (Å²) >= 11 is 0. The van der Waals surface area contributed by atoms with Crippen molar-refractivity contribution in [3.05, 3.63) is 0 Å². The van der Waals surface area contributed by atoms with E-state index in [1.54, 1.807) is 0 Å². The molecule has 0 saturated carbocycles. The van der Waals surface area contributed by atoms with E-state index in [2.05, 4.69) is 0 Å². The molecule has 0 radical (unpaired) electrons. The molecule has 0 bridgehead atoms. The number of carbonyl (C=O) groups is 1. The molecule has 0 aliphatic carbocycles. The first kappa shape index (κ1) is 20.9. The van der Waals surface area contributed by atoms with E-state index in [1.807, 2.05) is 0 Å². The van der Waals surface area contributed by atoms with Gasteiger partial charge in [-0.15, -0.1) is 0 Å². The van der Waals surface area contributed by atoms with E-state index in [0.29, 0.717) is 12.8 Å². The fourth-order valence-electron chi connectivity index (χ4n) is 1.45. The highest BCUT2D eigenvalue weighted by Crippen LogP contribution is 2.21. The first-order chi connectivity index (χ1) is 9.65. The van der Waals surface area contributed by atoms with Gasteiger partial charge in [0.05, 0.1) is 0 Å². The summed E-state index contributed by atoms with van der Waals surface area (Å²) in [5.41, 5.74) is 5.52. The number of hydrogen-bond donors (Lipinski definition) is 2. The molecule has 6 nitrogen and oxygen atoms in total. The van der Waals surface area contributed by atoms with Crippen LogP contribution in [0.15, 0.2) is 0 Å². The smallest absolute Gasteiger partial charge is 0.475 e. The lowest BCUT2D eigenvalue weighted by molar-refractivity contribution is -0.192. The van der Waals surface area contributed by atoms with Gasteiger partial charge >= 0.3 is 18.3 Å². The first-order valence-electron chi connectivity index (χ1n) is 5.75. The standard InChI is InChI=1S/C7H13F3N2O2S.C2HF3O2/c8-7(9,10)5-15(13,14)12-3-1-6(11)2-4-12;3-2(4,5)1(6)7/h6H,1-5,11H2;(H,6,7). The second-order valence-corrected chi connectivity index (χ2v) is 6.38. The van der Waals surface area contributed by atoms with E-state index in [1.165, 1.54) is 0 Å². The van der Waals surface area contributed by atoms with Gasteiger partial charge in [0.15, 0.2) is 5.75 Å². The van der Waals surface area contributed by atoms with Crippen molar-refractivity contribution in [3.8, 4) is 0 Å². The number of sulfonamides is 1. The molecule has 0 aromatic carbocycles. The van der Waals surface area contributed by atoms with Crippen LogP contribution >= 0.6 is 0 Å². The number of hydrogen-bond acceptors (Lipinski definition) is 4. The second-order valence-electron chi connectivity index (χ2n) is 4.41. The normalized spacial score (nSPS) is 18.5. The minimum atomic E-state index is -5.08. The van der Waals surface area contributed by atoms with Crippen LogP contribution in [0.1, 0.15) is 12.8 Å². The summed E-state index contributed by atoms with van der Waals surface area (Å²) < 4.78 is 91.0. The van der Waals surface area contributed by atoms with Crippen LogP contribution in [0.2, 0.25) is 0 Å². The van der Waals surface area contributed by atoms with Crippen LogP contribution in [0.4, 0.5) is 26.3 Å².